The Kier molecular flexibility index (Phi) is 6.71. The Morgan fingerprint density at radius 2 is 1.68 bits per heavy atom. The summed E-state index contributed by atoms with van der Waals surface area (Å²) < 4.78 is 11.3. The normalized spacial score (nSPS) is 11.9. The highest BCUT2D eigenvalue weighted by molar-refractivity contribution is 6.31. The van der Waals surface area contributed by atoms with Crippen LogP contribution in [0.5, 0.6) is 11.5 Å². The molecule has 25 heavy (non-hydrogen) atoms. The molecule has 134 valence electrons. The number of amides is 1. The molecule has 1 atom stereocenters. The van der Waals surface area contributed by atoms with Crippen LogP contribution in [0.1, 0.15) is 31.9 Å². The van der Waals surface area contributed by atoms with E-state index in [0.717, 1.165) is 16.9 Å². The Labute approximate surface area is 154 Å². The highest BCUT2D eigenvalue weighted by Gasteiger charge is 2.14. The summed E-state index contributed by atoms with van der Waals surface area (Å²) >= 11 is 5.99. The van der Waals surface area contributed by atoms with E-state index < -0.39 is 6.10 Å². The third-order valence-electron chi connectivity index (χ3n) is 3.57. The lowest BCUT2D eigenvalue weighted by atomic mass is 10.2. The van der Waals surface area contributed by atoms with Gasteiger partial charge in [0.1, 0.15) is 11.5 Å². The molecule has 0 spiro atoms. The number of halogens is 1. The summed E-state index contributed by atoms with van der Waals surface area (Å²) in [6.07, 6.45) is -0.454. The van der Waals surface area contributed by atoms with Crippen molar-refractivity contribution in [3.63, 3.8) is 0 Å². The standard InChI is InChI=1S/C20H24ClNO3/c1-13(2)24-17-7-5-16(6-8-17)12-22-20(23)15(4)25-18-9-10-19(21)14(3)11-18/h5-11,13,15H,12H2,1-4H3,(H,22,23). The first-order chi connectivity index (χ1) is 11.8. The number of hydrogen-bond acceptors (Lipinski definition) is 3. The zero-order valence-electron chi connectivity index (χ0n) is 15.0. The molecule has 0 heterocycles. The molecule has 0 radical (unpaired) electrons. The van der Waals surface area contributed by atoms with Crippen LogP contribution in [-0.2, 0) is 11.3 Å². The van der Waals surface area contributed by atoms with Crippen LogP contribution in [0.3, 0.4) is 0 Å². The van der Waals surface area contributed by atoms with Crippen LogP contribution in [0, 0.1) is 6.92 Å². The van der Waals surface area contributed by atoms with Gasteiger partial charge in [-0.25, -0.2) is 0 Å². The van der Waals surface area contributed by atoms with Gasteiger partial charge in [-0.3, -0.25) is 4.79 Å². The molecule has 0 aliphatic heterocycles. The van der Waals surface area contributed by atoms with Gasteiger partial charge in [0, 0.05) is 11.6 Å². The molecule has 0 aromatic heterocycles. The largest absolute Gasteiger partial charge is 0.491 e. The van der Waals surface area contributed by atoms with Crippen molar-refractivity contribution in [1.29, 1.82) is 0 Å². The van der Waals surface area contributed by atoms with Crippen molar-refractivity contribution in [2.75, 3.05) is 0 Å². The fourth-order valence-corrected chi connectivity index (χ4v) is 2.36. The number of rotatable bonds is 7. The molecule has 2 aromatic carbocycles. The summed E-state index contributed by atoms with van der Waals surface area (Å²) in [5.41, 5.74) is 1.91. The second-order valence-electron chi connectivity index (χ2n) is 6.20. The monoisotopic (exact) mass is 361 g/mol. The van der Waals surface area contributed by atoms with Crippen LogP contribution in [0.2, 0.25) is 5.02 Å². The minimum atomic E-state index is -0.593. The number of hydrogen-bond donors (Lipinski definition) is 1. The predicted molar refractivity (Wildman–Crippen MR) is 100 cm³/mol. The van der Waals surface area contributed by atoms with Gasteiger partial charge in [0.25, 0.3) is 5.91 Å². The minimum absolute atomic E-state index is 0.139. The topological polar surface area (TPSA) is 47.6 Å². The van der Waals surface area contributed by atoms with Crippen molar-refractivity contribution in [2.45, 2.75) is 46.4 Å². The number of carbonyl (C=O) groups excluding carboxylic acids is 1. The van der Waals surface area contributed by atoms with Crippen LogP contribution in [0.15, 0.2) is 42.5 Å². The Balaban J connectivity index is 1.85. The summed E-state index contributed by atoms with van der Waals surface area (Å²) in [4.78, 5) is 12.2. The molecule has 2 aromatic rings. The minimum Gasteiger partial charge on any atom is -0.491 e. The number of benzene rings is 2. The Morgan fingerprint density at radius 3 is 2.28 bits per heavy atom. The summed E-state index contributed by atoms with van der Waals surface area (Å²) in [5.74, 6) is 1.27. The smallest absolute Gasteiger partial charge is 0.261 e. The Hall–Kier alpha value is -2.20. The van der Waals surface area contributed by atoms with E-state index in [1.165, 1.54) is 0 Å². The lowest BCUT2D eigenvalue weighted by molar-refractivity contribution is -0.127. The SMILES string of the molecule is Cc1cc(OC(C)C(=O)NCc2ccc(OC(C)C)cc2)ccc1Cl. The average Bonchev–Trinajstić information content (AvgIpc) is 2.56. The summed E-state index contributed by atoms with van der Waals surface area (Å²) in [7, 11) is 0. The van der Waals surface area contributed by atoms with E-state index in [9.17, 15) is 4.79 Å². The van der Waals surface area contributed by atoms with E-state index >= 15 is 0 Å². The number of ether oxygens (including phenoxy) is 2. The number of aryl methyl sites for hydroxylation is 1. The molecule has 0 saturated carbocycles. The lowest BCUT2D eigenvalue weighted by Gasteiger charge is -2.15. The Morgan fingerprint density at radius 1 is 1.04 bits per heavy atom. The van der Waals surface area contributed by atoms with E-state index in [-0.39, 0.29) is 12.0 Å². The van der Waals surface area contributed by atoms with E-state index in [4.69, 9.17) is 21.1 Å². The lowest BCUT2D eigenvalue weighted by Crippen LogP contribution is -2.35. The molecule has 0 bridgehead atoms. The molecule has 0 aliphatic rings. The molecule has 1 unspecified atom stereocenters. The first-order valence-corrected chi connectivity index (χ1v) is 8.69. The highest BCUT2D eigenvalue weighted by Crippen LogP contribution is 2.22. The van der Waals surface area contributed by atoms with E-state index in [1.54, 1.807) is 19.1 Å². The van der Waals surface area contributed by atoms with E-state index in [0.29, 0.717) is 17.3 Å². The van der Waals surface area contributed by atoms with Gasteiger partial charge in [0.05, 0.1) is 6.10 Å². The van der Waals surface area contributed by atoms with E-state index in [2.05, 4.69) is 5.32 Å². The van der Waals surface area contributed by atoms with Crippen molar-refractivity contribution in [3.8, 4) is 11.5 Å². The van der Waals surface area contributed by atoms with Crippen molar-refractivity contribution in [3.05, 3.63) is 58.6 Å². The summed E-state index contributed by atoms with van der Waals surface area (Å²) in [5, 5.41) is 3.55. The van der Waals surface area contributed by atoms with Gasteiger partial charge in [-0.15, -0.1) is 0 Å². The third-order valence-corrected chi connectivity index (χ3v) is 4.00. The first kappa shape index (κ1) is 19.1. The Bertz CT molecular complexity index is 713. The molecular formula is C20H24ClNO3. The van der Waals surface area contributed by atoms with Crippen LogP contribution >= 0.6 is 11.6 Å². The van der Waals surface area contributed by atoms with Gasteiger partial charge >= 0.3 is 0 Å². The van der Waals surface area contributed by atoms with Gasteiger partial charge in [0.2, 0.25) is 0 Å². The van der Waals surface area contributed by atoms with Crippen molar-refractivity contribution in [1.82, 2.24) is 5.32 Å². The second kappa shape index (κ2) is 8.77. The van der Waals surface area contributed by atoms with Crippen LogP contribution in [-0.4, -0.2) is 18.1 Å². The van der Waals surface area contributed by atoms with Gasteiger partial charge < -0.3 is 14.8 Å². The van der Waals surface area contributed by atoms with Gasteiger partial charge in [-0.05, 0) is 69.2 Å². The average molecular weight is 362 g/mol. The van der Waals surface area contributed by atoms with Crippen molar-refractivity contribution >= 4 is 17.5 Å². The number of carbonyl (C=O) groups is 1. The predicted octanol–water partition coefficient (Wildman–Crippen LogP) is 4.52. The van der Waals surface area contributed by atoms with E-state index in [1.807, 2.05) is 51.1 Å². The quantitative estimate of drug-likeness (QED) is 0.788. The fourth-order valence-electron chi connectivity index (χ4n) is 2.24. The second-order valence-corrected chi connectivity index (χ2v) is 6.61. The van der Waals surface area contributed by atoms with Crippen LogP contribution < -0.4 is 14.8 Å². The summed E-state index contributed by atoms with van der Waals surface area (Å²) in [6.45, 7) is 8.02. The molecule has 1 amide bonds. The molecule has 4 nitrogen and oxygen atoms in total. The van der Waals surface area contributed by atoms with Crippen LogP contribution in [0.25, 0.3) is 0 Å². The maximum atomic E-state index is 12.2. The number of nitrogens with one attached hydrogen (secondary N) is 1. The molecular weight excluding hydrogens is 338 g/mol. The molecule has 2 rings (SSSR count). The third kappa shape index (κ3) is 5.98. The van der Waals surface area contributed by atoms with Crippen LogP contribution in [0.4, 0.5) is 0 Å². The summed E-state index contributed by atoms with van der Waals surface area (Å²) in [6, 6.07) is 13.0. The zero-order valence-corrected chi connectivity index (χ0v) is 15.8. The molecule has 1 N–H and O–H groups in total. The zero-order chi connectivity index (χ0) is 18.4. The van der Waals surface area contributed by atoms with Crippen molar-refractivity contribution in [2.24, 2.45) is 0 Å². The van der Waals surface area contributed by atoms with Crippen molar-refractivity contribution < 1.29 is 14.3 Å². The maximum Gasteiger partial charge on any atom is 0.261 e. The fraction of sp³-hybridized carbons (Fsp3) is 0.350. The molecule has 5 heteroatoms. The highest BCUT2D eigenvalue weighted by atomic mass is 35.5. The van der Waals surface area contributed by atoms with Gasteiger partial charge in [0.15, 0.2) is 6.10 Å². The first-order valence-electron chi connectivity index (χ1n) is 8.31. The molecule has 0 aliphatic carbocycles. The maximum absolute atomic E-state index is 12.2. The molecule has 0 fully saturated rings. The van der Waals surface area contributed by atoms with Gasteiger partial charge in [-0.2, -0.15) is 0 Å². The molecule has 0 saturated heterocycles. The van der Waals surface area contributed by atoms with Gasteiger partial charge in [-0.1, -0.05) is 23.7 Å².